The average Bonchev–Trinajstić information content (AvgIpc) is 2.66. The standard InChI is InChI=1S/C20H22N2O3/c1-4-14(2)16-6-8-17(9-7-16)22-20(23)13-25-18-10-5-15(12-21)11-19(18)24-3/h5-11,14H,4,13H2,1-3H3,(H,22,23)/t14-/m1/s1. The van der Waals surface area contributed by atoms with Gasteiger partial charge in [0.25, 0.3) is 5.91 Å². The first-order valence-electron chi connectivity index (χ1n) is 8.18. The number of ether oxygens (including phenoxy) is 2. The van der Waals surface area contributed by atoms with E-state index in [0.717, 1.165) is 12.1 Å². The van der Waals surface area contributed by atoms with E-state index in [2.05, 4.69) is 19.2 Å². The summed E-state index contributed by atoms with van der Waals surface area (Å²) in [5.41, 5.74) is 2.45. The molecule has 0 fully saturated rings. The molecule has 0 saturated heterocycles. The highest BCUT2D eigenvalue weighted by Crippen LogP contribution is 2.27. The number of rotatable bonds is 7. The minimum Gasteiger partial charge on any atom is -0.493 e. The van der Waals surface area contributed by atoms with Crippen molar-refractivity contribution in [1.29, 1.82) is 5.26 Å². The predicted octanol–water partition coefficient (Wildman–Crippen LogP) is 4.10. The summed E-state index contributed by atoms with van der Waals surface area (Å²) in [5, 5.41) is 11.7. The lowest BCUT2D eigenvalue weighted by Gasteiger charge is -2.12. The molecule has 0 saturated carbocycles. The van der Waals surface area contributed by atoms with Gasteiger partial charge in [-0.2, -0.15) is 5.26 Å². The molecule has 0 heterocycles. The monoisotopic (exact) mass is 338 g/mol. The van der Waals surface area contributed by atoms with Crippen molar-refractivity contribution in [2.45, 2.75) is 26.2 Å². The molecule has 0 aliphatic carbocycles. The first-order chi connectivity index (χ1) is 12.1. The molecule has 5 nitrogen and oxygen atoms in total. The molecular weight excluding hydrogens is 316 g/mol. The van der Waals surface area contributed by atoms with E-state index in [4.69, 9.17) is 14.7 Å². The number of carbonyl (C=O) groups is 1. The smallest absolute Gasteiger partial charge is 0.262 e. The Labute approximate surface area is 148 Å². The van der Waals surface area contributed by atoms with Crippen molar-refractivity contribution in [3.05, 3.63) is 53.6 Å². The Hall–Kier alpha value is -3.00. The van der Waals surface area contributed by atoms with Gasteiger partial charge >= 0.3 is 0 Å². The summed E-state index contributed by atoms with van der Waals surface area (Å²) in [6.45, 7) is 4.18. The fraction of sp³-hybridized carbons (Fsp3) is 0.300. The fourth-order valence-corrected chi connectivity index (χ4v) is 2.33. The highest BCUT2D eigenvalue weighted by atomic mass is 16.5. The normalized spacial score (nSPS) is 11.3. The van der Waals surface area contributed by atoms with Gasteiger partial charge in [0, 0.05) is 11.8 Å². The van der Waals surface area contributed by atoms with E-state index >= 15 is 0 Å². The van der Waals surface area contributed by atoms with Crippen LogP contribution < -0.4 is 14.8 Å². The van der Waals surface area contributed by atoms with Gasteiger partial charge in [-0.3, -0.25) is 4.79 Å². The van der Waals surface area contributed by atoms with Crippen LogP contribution in [-0.2, 0) is 4.79 Å². The maximum absolute atomic E-state index is 12.1. The number of nitrogens with one attached hydrogen (secondary N) is 1. The Balaban J connectivity index is 1.94. The Bertz CT molecular complexity index is 764. The van der Waals surface area contributed by atoms with Crippen LogP contribution in [-0.4, -0.2) is 19.6 Å². The third kappa shape index (κ3) is 4.98. The zero-order valence-corrected chi connectivity index (χ0v) is 14.7. The molecule has 1 amide bonds. The first kappa shape index (κ1) is 18.3. The molecule has 1 atom stereocenters. The van der Waals surface area contributed by atoms with Crippen LogP contribution in [0, 0.1) is 11.3 Å². The van der Waals surface area contributed by atoms with E-state index in [1.54, 1.807) is 18.2 Å². The van der Waals surface area contributed by atoms with Crippen molar-refractivity contribution < 1.29 is 14.3 Å². The summed E-state index contributed by atoms with van der Waals surface area (Å²) in [6, 6.07) is 14.7. The van der Waals surface area contributed by atoms with Gasteiger partial charge in [-0.05, 0) is 42.2 Å². The highest BCUT2D eigenvalue weighted by molar-refractivity contribution is 5.91. The summed E-state index contributed by atoms with van der Waals surface area (Å²) < 4.78 is 10.7. The van der Waals surface area contributed by atoms with Crippen LogP contribution in [0.15, 0.2) is 42.5 Å². The van der Waals surface area contributed by atoms with Crippen LogP contribution in [0.5, 0.6) is 11.5 Å². The number of nitriles is 1. The third-order valence-corrected chi connectivity index (χ3v) is 4.03. The van der Waals surface area contributed by atoms with Crippen LogP contribution in [0.3, 0.4) is 0 Å². The van der Waals surface area contributed by atoms with Gasteiger partial charge < -0.3 is 14.8 Å². The maximum Gasteiger partial charge on any atom is 0.262 e. The lowest BCUT2D eigenvalue weighted by atomic mass is 9.99. The number of carbonyl (C=O) groups excluding carboxylic acids is 1. The van der Waals surface area contributed by atoms with Crippen molar-refractivity contribution in [2.75, 3.05) is 19.0 Å². The van der Waals surface area contributed by atoms with Crippen molar-refractivity contribution in [1.82, 2.24) is 0 Å². The number of amides is 1. The maximum atomic E-state index is 12.1. The van der Waals surface area contributed by atoms with Gasteiger partial charge in [-0.25, -0.2) is 0 Å². The molecule has 0 aliphatic rings. The van der Waals surface area contributed by atoms with Crippen LogP contribution >= 0.6 is 0 Å². The Morgan fingerprint density at radius 3 is 2.52 bits per heavy atom. The number of hydrogen-bond acceptors (Lipinski definition) is 4. The van der Waals surface area contributed by atoms with Crippen LogP contribution in [0.25, 0.3) is 0 Å². The lowest BCUT2D eigenvalue weighted by Crippen LogP contribution is -2.20. The minimum absolute atomic E-state index is 0.143. The first-order valence-corrected chi connectivity index (χ1v) is 8.18. The van der Waals surface area contributed by atoms with Gasteiger partial charge in [0.15, 0.2) is 18.1 Å². The van der Waals surface area contributed by atoms with E-state index < -0.39 is 0 Å². The van der Waals surface area contributed by atoms with E-state index in [9.17, 15) is 4.79 Å². The number of anilines is 1. The largest absolute Gasteiger partial charge is 0.493 e. The third-order valence-electron chi connectivity index (χ3n) is 4.03. The summed E-state index contributed by atoms with van der Waals surface area (Å²) >= 11 is 0. The number of hydrogen-bond donors (Lipinski definition) is 1. The number of methoxy groups -OCH3 is 1. The molecular formula is C20H22N2O3. The van der Waals surface area contributed by atoms with Crippen LogP contribution in [0.1, 0.15) is 37.3 Å². The van der Waals surface area contributed by atoms with Crippen LogP contribution in [0.2, 0.25) is 0 Å². The second-order valence-electron chi connectivity index (χ2n) is 5.75. The molecule has 5 heteroatoms. The highest BCUT2D eigenvalue weighted by Gasteiger charge is 2.09. The molecule has 1 N–H and O–H groups in total. The second kappa shape index (κ2) is 8.74. The van der Waals surface area contributed by atoms with Crippen molar-refractivity contribution in [3.63, 3.8) is 0 Å². The summed E-state index contributed by atoms with van der Waals surface area (Å²) in [4.78, 5) is 12.1. The molecule has 0 bridgehead atoms. The van der Waals surface area contributed by atoms with E-state index in [-0.39, 0.29) is 12.5 Å². The number of benzene rings is 2. The summed E-state index contributed by atoms with van der Waals surface area (Å²) in [6.07, 6.45) is 1.08. The van der Waals surface area contributed by atoms with Gasteiger partial charge in [0.05, 0.1) is 18.7 Å². The Kier molecular flexibility index (Phi) is 6.41. The van der Waals surface area contributed by atoms with Crippen molar-refractivity contribution >= 4 is 11.6 Å². The molecule has 130 valence electrons. The lowest BCUT2D eigenvalue weighted by molar-refractivity contribution is -0.118. The molecule has 0 aromatic heterocycles. The van der Waals surface area contributed by atoms with Gasteiger partial charge in [-0.1, -0.05) is 26.0 Å². The fourth-order valence-electron chi connectivity index (χ4n) is 2.33. The minimum atomic E-state index is -0.261. The predicted molar refractivity (Wildman–Crippen MR) is 97.0 cm³/mol. The zero-order chi connectivity index (χ0) is 18.2. The van der Waals surface area contributed by atoms with E-state index in [0.29, 0.717) is 23.0 Å². The van der Waals surface area contributed by atoms with E-state index in [1.807, 2.05) is 30.3 Å². The van der Waals surface area contributed by atoms with Gasteiger partial charge in [0.1, 0.15) is 0 Å². The Morgan fingerprint density at radius 1 is 1.20 bits per heavy atom. The SMILES string of the molecule is CC[C@@H](C)c1ccc(NC(=O)COc2ccc(C#N)cc2OC)cc1. The number of nitrogens with zero attached hydrogens (tertiary/aromatic N) is 1. The zero-order valence-electron chi connectivity index (χ0n) is 14.7. The van der Waals surface area contributed by atoms with Crippen molar-refractivity contribution in [3.8, 4) is 17.6 Å². The summed E-state index contributed by atoms with van der Waals surface area (Å²) in [7, 11) is 1.49. The second-order valence-corrected chi connectivity index (χ2v) is 5.75. The van der Waals surface area contributed by atoms with E-state index in [1.165, 1.54) is 12.7 Å². The molecule has 0 aliphatic heterocycles. The van der Waals surface area contributed by atoms with Gasteiger partial charge in [0.2, 0.25) is 0 Å². The van der Waals surface area contributed by atoms with Crippen LogP contribution in [0.4, 0.5) is 5.69 Å². The molecule has 0 radical (unpaired) electrons. The van der Waals surface area contributed by atoms with Crippen molar-refractivity contribution in [2.24, 2.45) is 0 Å². The molecule has 25 heavy (non-hydrogen) atoms. The summed E-state index contributed by atoms with van der Waals surface area (Å²) in [5.74, 6) is 1.08. The molecule has 2 aromatic rings. The molecule has 2 rings (SSSR count). The molecule has 0 unspecified atom stereocenters. The quantitative estimate of drug-likeness (QED) is 0.825. The molecule has 2 aromatic carbocycles. The molecule has 0 spiro atoms. The topological polar surface area (TPSA) is 71.3 Å². The average molecular weight is 338 g/mol. The Morgan fingerprint density at radius 2 is 1.92 bits per heavy atom. The van der Waals surface area contributed by atoms with Gasteiger partial charge in [-0.15, -0.1) is 0 Å².